The van der Waals surface area contributed by atoms with Gasteiger partial charge in [-0.3, -0.25) is 4.57 Å². The number of hydrogen-bond donors (Lipinski definition) is 0. The number of benzene rings is 2. The molecule has 0 aliphatic heterocycles. The van der Waals surface area contributed by atoms with Gasteiger partial charge in [-0.2, -0.15) is 0 Å². The summed E-state index contributed by atoms with van der Waals surface area (Å²) < 4.78 is 1.98. The summed E-state index contributed by atoms with van der Waals surface area (Å²) in [6, 6.07) is 17.8. The maximum Gasteiger partial charge on any atom is 0.195 e. The van der Waals surface area contributed by atoms with Crippen molar-refractivity contribution in [2.24, 2.45) is 0 Å². The van der Waals surface area contributed by atoms with Gasteiger partial charge < -0.3 is 0 Å². The summed E-state index contributed by atoms with van der Waals surface area (Å²) >= 11 is 9.47. The van der Waals surface area contributed by atoms with E-state index < -0.39 is 0 Å². The summed E-state index contributed by atoms with van der Waals surface area (Å²) in [7, 11) is 0. The van der Waals surface area contributed by atoms with E-state index in [-0.39, 0.29) is 0 Å². The normalized spacial score (nSPS) is 10.9. The minimum Gasteiger partial charge on any atom is -0.277 e. The van der Waals surface area contributed by atoms with Crippen LogP contribution in [0.4, 0.5) is 0 Å². The molecule has 124 valence electrons. The SMILES string of the molecule is Clc1ccccc1-c1nc(CSc2nncn2-c2ccccc2)cs1. The van der Waals surface area contributed by atoms with E-state index in [9.17, 15) is 0 Å². The molecule has 2 aromatic heterocycles. The van der Waals surface area contributed by atoms with Crippen molar-refractivity contribution in [3.8, 4) is 16.3 Å². The number of rotatable bonds is 5. The van der Waals surface area contributed by atoms with Crippen molar-refractivity contribution in [2.45, 2.75) is 10.9 Å². The molecule has 2 aromatic carbocycles. The highest BCUT2D eigenvalue weighted by atomic mass is 35.5. The number of aromatic nitrogens is 4. The topological polar surface area (TPSA) is 43.6 Å². The molecule has 4 nitrogen and oxygen atoms in total. The lowest BCUT2D eigenvalue weighted by atomic mass is 10.2. The number of halogens is 1. The molecule has 7 heteroatoms. The van der Waals surface area contributed by atoms with Crippen molar-refractivity contribution in [2.75, 3.05) is 0 Å². The summed E-state index contributed by atoms with van der Waals surface area (Å²) in [5.74, 6) is 0.729. The maximum atomic E-state index is 6.25. The van der Waals surface area contributed by atoms with E-state index in [0.717, 1.165) is 37.9 Å². The number of para-hydroxylation sites is 1. The van der Waals surface area contributed by atoms with Crippen LogP contribution in [0.1, 0.15) is 5.69 Å². The minimum atomic E-state index is 0.722. The van der Waals surface area contributed by atoms with Crippen molar-refractivity contribution >= 4 is 34.7 Å². The third-order valence-electron chi connectivity index (χ3n) is 3.56. The molecule has 0 N–H and O–H groups in total. The number of thioether (sulfide) groups is 1. The van der Waals surface area contributed by atoms with Gasteiger partial charge >= 0.3 is 0 Å². The maximum absolute atomic E-state index is 6.25. The van der Waals surface area contributed by atoms with Gasteiger partial charge in [-0.1, -0.05) is 59.8 Å². The Bertz CT molecular complexity index is 981. The second-order valence-electron chi connectivity index (χ2n) is 5.23. The molecule has 0 unspecified atom stereocenters. The highest BCUT2D eigenvalue weighted by molar-refractivity contribution is 7.98. The zero-order valence-electron chi connectivity index (χ0n) is 13.0. The smallest absolute Gasteiger partial charge is 0.195 e. The van der Waals surface area contributed by atoms with Crippen molar-refractivity contribution in [1.29, 1.82) is 0 Å². The Labute approximate surface area is 158 Å². The molecule has 0 saturated heterocycles. The molecule has 0 amide bonds. The second kappa shape index (κ2) is 7.39. The lowest BCUT2D eigenvalue weighted by molar-refractivity contribution is 0.883. The first-order valence-corrected chi connectivity index (χ1v) is 9.83. The fraction of sp³-hybridized carbons (Fsp3) is 0.0556. The van der Waals surface area contributed by atoms with Crippen molar-refractivity contribution in [1.82, 2.24) is 19.7 Å². The Kier molecular flexibility index (Phi) is 4.83. The molecular weight excluding hydrogens is 372 g/mol. The average Bonchev–Trinajstić information content (AvgIpc) is 3.30. The Hall–Kier alpha value is -2.15. The van der Waals surface area contributed by atoms with Crippen LogP contribution in [-0.2, 0) is 5.75 Å². The predicted octanol–water partition coefficient (Wildman–Crippen LogP) is 5.34. The van der Waals surface area contributed by atoms with Gasteiger partial charge in [0.25, 0.3) is 0 Å². The largest absolute Gasteiger partial charge is 0.277 e. The molecule has 0 fully saturated rings. The molecular formula is C18H13ClN4S2. The Balaban J connectivity index is 1.50. The Morgan fingerprint density at radius 1 is 1.04 bits per heavy atom. The van der Waals surface area contributed by atoms with Crippen LogP contribution in [0.25, 0.3) is 16.3 Å². The first kappa shape index (κ1) is 16.3. The summed E-state index contributed by atoms with van der Waals surface area (Å²) in [6.07, 6.45) is 1.73. The zero-order valence-corrected chi connectivity index (χ0v) is 15.4. The van der Waals surface area contributed by atoms with Crippen LogP contribution in [0.5, 0.6) is 0 Å². The van der Waals surface area contributed by atoms with Crippen LogP contribution in [0.2, 0.25) is 5.02 Å². The molecule has 0 radical (unpaired) electrons. The number of nitrogens with zero attached hydrogens (tertiary/aromatic N) is 4. The van der Waals surface area contributed by atoms with Gasteiger partial charge in [0.15, 0.2) is 5.16 Å². The lowest BCUT2D eigenvalue weighted by Crippen LogP contribution is -1.95. The summed E-state index contributed by atoms with van der Waals surface area (Å²) in [4.78, 5) is 4.70. The van der Waals surface area contributed by atoms with Crippen LogP contribution < -0.4 is 0 Å². The summed E-state index contributed by atoms with van der Waals surface area (Å²) in [5.41, 5.74) is 3.02. The van der Waals surface area contributed by atoms with Crippen LogP contribution in [0.15, 0.2) is 71.5 Å². The monoisotopic (exact) mass is 384 g/mol. The zero-order chi connectivity index (χ0) is 17.1. The van der Waals surface area contributed by atoms with E-state index in [1.165, 1.54) is 0 Å². The van der Waals surface area contributed by atoms with Gasteiger partial charge in [0.2, 0.25) is 0 Å². The van der Waals surface area contributed by atoms with Gasteiger partial charge in [0.1, 0.15) is 11.3 Å². The summed E-state index contributed by atoms with van der Waals surface area (Å²) in [6.45, 7) is 0. The van der Waals surface area contributed by atoms with Gasteiger partial charge in [-0.25, -0.2) is 4.98 Å². The Morgan fingerprint density at radius 3 is 2.68 bits per heavy atom. The summed E-state index contributed by atoms with van der Waals surface area (Å²) in [5, 5.41) is 12.8. The molecule has 0 aliphatic rings. The molecule has 0 aliphatic carbocycles. The molecule has 25 heavy (non-hydrogen) atoms. The molecule has 2 heterocycles. The third-order valence-corrected chi connectivity index (χ3v) is 5.79. The first-order chi connectivity index (χ1) is 12.3. The lowest BCUT2D eigenvalue weighted by Gasteiger charge is -2.04. The van der Waals surface area contributed by atoms with Gasteiger partial charge in [0.05, 0.1) is 10.7 Å². The highest BCUT2D eigenvalue weighted by Gasteiger charge is 2.11. The molecule has 0 bridgehead atoms. The minimum absolute atomic E-state index is 0.722. The van der Waals surface area contributed by atoms with Crippen molar-refractivity contribution in [3.63, 3.8) is 0 Å². The van der Waals surface area contributed by atoms with Crippen LogP contribution >= 0.6 is 34.7 Å². The predicted molar refractivity (Wildman–Crippen MR) is 103 cm³/mol. The van der Waals surface area contributed by atoms with E-state index in [1.54, 1.807) is 29.4 Å². The standard InChI is InChI=1S/C18H13ClN4S2/c19-16-9-5-4-8-15(16)17-21-13(10-24-17)11-25-18-22-20-12-23(18)14-6-2-1-3-7-14/h1-10,12H,11H2. The molecule has 0 saturated carbocycles. The van der Waals surface area contributed by atoms with Gasteiger partial charge in [-0.05, 0) is 18.2 Å². The van der Waals surface area contributed by atoms with E-state index in [2.05, 4.69) is 15.6 Å². The fourth-order valence-corrected chi connectivity index (χ4v) is 4.43. The van der Waals surface area contributed by atoms with Crippen LogP contribution in [0.3, 0.4) is 0 Å². The fourth-order valence-electron chi connectivity index (χ4n) is 2.36. The van der Waals surface area contributed by atoms with Crippen LogP contribution in [0, 0.1) is 0 Å². The van der Waals surface area contributed by atoms with E-state index in [1.807, 2.05) is 59.2 Å². The molecule has 4 aromatic rings. The van der Waals surface area contributed by atoms with Crippen molar-refractivity contribution in [3.05, 3.63) is 77.0 Å². The second-order valence-corrected chi connectivity index (χ2v) is 7.44. The van der Waals surface area contributed by atoms with Gasteiger partial charge in [-0.15, -0.1) is 21.5 Å². The first-order valence-electron chi connectivity index (χ1n) is 7.59. The van der Waals surface area contributed by atoms with Crippen LogP contribution in [-0.4, -0.2) is 19.7 Å². The molecule has 4 rings (SSSR count). The molecule has 0 atom stereocenters. The van der Waals surface area contributed by atoms with E-state index >= 15 is 0 Å². The van der Waals surface area contributed by atoms with Crippen molar-refractivity contribution < 1.29 is 0 Å². The average molecular weight is 385 g/mol. The number of hydrogen-bond acceptors (Lipinski definition) is 5. The van der Waals surface area contributed by atoms with Gasteiger partial charge in [0, 0.05) is 22.4 Å². The van der Waals surface area contributed by atoms with E-state index in [0.29, 0.717) is 0 Å². The highest BCUT2D eigenvalue weighted by Crippen LogP contribution is 2.32. The number of thiazole rings is 1. The third kappa shape index (κ3) is 3.61. The Morgan fingerprint density at radius 2 is 1.84 bits per heavy atom. The quantitative estimate of drug-likeness (QED) is 0.436. The molecule has 0 spiro atoms. The van der Waals surface area contributed by atoms with E-state index in [4.69, 9.17) is 16.6 Å².